The van der Waals surface area contributed by atoms with Crippen LogP contribution in [0.15, 0.2) is 0 Å². The van der Waals surface area contributed by atoms with Crippen LogP contribution in [0.1, 0.15) is 91.9 Å². The van der Waals surface area contributed by atoms with Crippen molar-refractivity contribution < 1.29 is 14.6 Å². The van der Waals surface area contributed by atoms with E-state index >= 15 is 0 Å². The number of hydrogen-bond acceptors (Lipinski definition) is 3. The first-order chi connectivity index (χ1) is 14.3. The highest BCUT2D eigenvalue weighted by atomic mass is 16.7. The van der Waals surface area contributed by atoms with Crippen molar-refractivity contribution in [1.82, 2.24) is 0 Å². The predicted molar refractivity (Wildman–Crippen MR) is 118 cm³/mol. The molecule has 0 amide bonds. The van der Waals surface area contributed by atoms with E-state index < -0.39 is 0 Å². The third-order valence-corrected chi connectivity index (χ3v) is 11.9. The van der Waals surface area contributed by atoms with E-state index in [0.717, 1.165) is 49.5 Å². The number of ether oxygens (including phenoxy) is 2. The van der Waals surface area contributed by atoms with E-state index in [1.807, 2.05) is 0 Å². The summed E-state index contributed by atoms with van der Waals surface area (Å²) in [6.07, 6.45) is 12.9. The quantitative estimate of drug-likeness (QED) is 0.543. The minimum atomic E-state index is -0.282. The second-order valence-corrected chi connectivity index (χ2v) is 13.1. The number of aliphatic hydroxyl groups excluding tert-OH is 1. The predicted octanol–water partition coefficient (Wildman–Crippen LogP) is 5.79. The van der Waals surface area contributed by atoms with Crippen molar-refractivity contribution in [2.45, 2.75) is 110 Å². The van der Waals surface area contributed by atoms with Crippen LogP contribution < -0.4 is 0 Å². The van der Waals surface area contributed by atoms with Crippen molar-refractivity contribution in [2.24, 2.45) is 52.3 Å². The molecule has 2 saturated heterocycles. The first kappa shape index (κ1) is 20.5. The van der Waals surface area contributed by atoms with Gasteiger partial charge >= 0.3 is 0 Å². The molecule has 30 heavy (non-hydrogen) atoms. The molecule has 0 aromatic carbocycles. The van der Waals surface area contributed by atoms with Crippen LogP contribution in [0, 0.1) is 52.3 Å². The normalized spacial score (nSPS) is 62.5. The highest BCUT2D eigenvalue weighted by molar-refractivity contribution is 5.15. The van der Waals surface area contributed by atoms with E-state index in [0.29, 0.717) is 34.7 Å². The SMILES string of the molecule is C[C@@H]1CC[C@]2(OC1)O[C@H]1C[C@@H]3[C@@H]4CC[C@H]5C[C@H](O)CC[C@]5(C)[C@@H]4CC[C@@]3(C)[C@@H]1[C@@H]2C. The lowest BCUT2D eigenvalue weighted by molar-refractivity contribution is -0.273. The maximum atomic E-state index is 10.3. The summed E-state index contributed by atoms with van der Waals surface area (Å²) in [7, 11) is 0. The van der Waals surface area contributed by atoms with Gasteiger partial charge in [0.25, 0.3) is 0 Å². The zero-order chi connectivity index (χ0) is 20.9. The van der Waals surface area contributed by atoms with Crippen molar-refractivity contribution in [2.75, 3.05) is 6.61 Å². The van der Waals surface area contributed by atoms with E-state index in [4.69, 9.17) is 9.47 Å². The lowest BCUT2D eigenvalue weighted by atomic mass is 9.44. The number of rotatable bonds is 0. The molecule has 6 aliphatic rings. The fourth-order valence-electron chi connectivity index (χ4n) is 10.3. The Kier molecular flexibility index (Phi) is 4.58. The van der Waals surface area contributed by atoms with E-state index in [-0.39, 0.29) is 11.9 Å². The third kappa shape index (κ3) is 2.61. The van der Waals surface area contributed by atoms with Crippen molar-refractivity contribution in [3.05, 3.63) is 0 Å². The van der Waals surface area contributed by atoms with Gasteiger partial charge in [-0.1, -0.05) is 27.7 Å². The van der Waals surface area contributed by atoms with E-state index in [1.54, 1.807) is 0 Å². The highest BCUT2D eigenvalue weighted by Gasteiger charge is 2.69. The Hall–Kier alpha value is -0.120. The fraction of sp³-hybridized carbons (Fsp3) is 1.00. The van der Waals surface area contributed by atoms with Crippen LogP contribution in [-0.2, 0) is 9.47 Å². The Morgan fingerprint density at radius 3 is 2.40 bits per heavy atom. The summed E-state index contributed by atoms with van der Waals surface area (Å²) in [5.74, 6) is 4.93. The van der Waals surface area contributed by atoms with Crippen LogP contribution in [-0.4, -0.2) is 29.7 Å². The maximum Gasteiger partial charge on any atom is 0.171 e. The van der Waals surface area contributed by atoms with Gasteiger partial charge in [-0.15, -0.1) is 0 Å². The zero-order valence-electron chi connectivity index (χ0n) is 19.7. The number of fused-ring (bicyclic) bond motifs is 7. The van der Waals surface area contributed by atoms with Crippen molar-refractivity contribution in [3.8, 4) is 0 Å². The van der Waals surface area contributed by atoms with Gasteiger partial charge in [0.05, 0.1) is 18.8 Å². The molecule has 0 aromatic heterocycles. The topological polar surface area (TPSA) is 38.7 Å². The summed E-state index contributed by atoms with van der Waals surface area (Å²) in [6.45, 7) is 10.9. The smallest absolute Gasteiger partial charge is 0.171 e. The summed E-state index contributed by atoms with van der Waals surface area (Å²) >= 11 is 0. The molecule has 0 unspecified atom stereocenters. The minimum Gasteiger partial charge on any atom is -0.393 e. The first-order valence-corrected chi connectivity index (χ1v) is 13.3. The highest BCUT2D eigenvalue weighted by Crippen LogP contribution is 2.71. The van der Waals surface area contributed by atoms with Gasteiger partial charge in [0.1, 0.15) is 0 Å². The minimum absolute atomic E-state index is 0.0389. The molecule has 3 nitrogen and oxygen atoms in total. The van der Waals surface area contributed by atoms with Crippen molar-refractivity contribution >= 4 is 0 Å². The van der Waals surface area contributed by atoms with E-state index in [1.165, 1.54) is 44.9 Å². The van der Waals surface area contributed by atoms with Gasteiger partial charge < -0.3 is 14.6 Å². The lowest BCUT2D eigenvalue weighted by Gasteiger charge is -2.61. The van der Waals surface area contributed by atoms with E-state index in [9.17, 15) is 5.11 Å². The standard InChI is InChI=1S/C27H44O3/c1-16-7-12-27(29-15-16)17(2)24-23(30-27)14-22-20-6-5-18-13-19(28)8-10-25(18,3)21(20)9-11-26(22,24)4/h16-24,28H,5-15H2,1-4H3/t16-,17+,18+,19-,20-,21-,22-,23+,24-,25+,26-,27+/m1/s1. The number of aliphatic hydroxyl groups is 1. The van der Waals surface area contributed by atoms with Gasteiger partial charge in [-0.05, 0) is 104 Å². The van der Waals surface area contributed by atoms with Crippen LogP contribution in [0.3, 0.4) is 0 Å². The summed E-state index contributed by atoms with van der Waals surface area (Å²) in [5.41, 5.74) is 0.899. The second-order valence-electron chi connectivity index (χ2n) is 13.1. The van der Waals surface area contributed by atoms with Gasteiger partial charge in [0, 0.05) is 12.3 Å². The molecule has 2 aliphatic heterocycles. The Labute approximate surface area is 183 Å². The molecule has 1 N–H and O–H groups in total. The van der Waals surface area contributed by atoms with Gasteiger partial charge in [-0.3, -0.25) is 0 Å². The van der Waals surface area contributed by atoms with Gasteiger partial charge in [0.2, 0.25) is 0 Å². The Balaban J connectivity index is 1.26. The molecular weight excluding hydrogens is 372 g/mol. The molecule has 12 atom stereocenters. The molecule has 170 valence electrons. The molecule has 1 spiro atoms. The molecule has 4 saturated carbocycles. The summed E-state index contributed by atoms with van der Waals surface area (Å²) in [6, 6.07) is 0. The van der Waals surface area contributed by atoms with E-state index in [2.05, 4.69) is 27.7 Å². The molecular formula is C27H44O3. The van der Waals surface area contributed by atoms with Crippen LogP contribution in [0.2, 0.25) is 0 Å². The summed E-state index contributed by atoms with van der Waals surface area (Å²) < 4.78 is 13.4. The largest absolute Gasteiger partial charge is 0.393 e. The molecule has 6 fully saturated rings. The molecule has 6 rings (SSSR count). The third-order valence-electron chi connectivity index (χ3n) is 11.9. The average Bonchev–Trinajstić information content (AvgIpc) is 3.16. The molecule has 2 heterocycles. The number of hydrogen-bond donors (Lipinski definition) is 1. The van der Waals surface area contributed by atoms with Crippen LogP contribution in [0.25, 0.3) is 0 Å². The molecule has 0 aromatic rings. The molecule has 4 aliphatic carbocycles. The summed E-state index contributed by atoms with van der Waals surface area (Å²) in [4.78, 5) is 0. The lowest BCUT2D eigenvalue weighted by Crippen LogP contribution is -2.55. The zero-order valence-corrected chi connectivity index (χ0v) is 19.7. The molecule has 3 heteroatoms. The molecule has 0 radical (unpaired) electrons. The summed E-state index contributed by atoms with van der Waals surface area (Å²) in [5, 5.41) is 10.3. The van der Waals surface area contributed by atoms with Crippen LogP contribution >= 0.6 is 0 Å². The maximum absolute atomic E-state index is 10.3. The average molecular weight is 417 g/mol. The fourth-order valence-corrected chi connectivity index (χ4v) is 10.3. The van der Waals surface area contributed by atoms with Crippen molar-refractivity contribution in [3.63, 3.8) is 0 Å². The Bertz CT molecular complexity index is 684. The Morgan fingerprint density at radius 1 is 0.833 bits per heavy atom. The van der Waals surface area contributed by atoms with Crippen molar-refractivity contribution in [1.29, 1.82) is 0 Å². The monoisotopic (exact) mass is 416 g/mol. The Morgan fingerprint density at radius 2 is 1.63 bits per heavy atom. The van der Waals surface area contributed by atoms with Crippen LogP contribution in [0.5, 0.6) is 0 Å². The van der Waals surface area contributed by atoms with Gasteiger partial charge in [-0.2, -0.15) is 0 Å². The first-order valence-electron chi connectivity index (χ1n) is 13.3. The van der Waals surface area contributed by atoms with Crippen LogP contribution in [0.4, 0.5) is 0 Å². The van der Waals surface area contributed by atoms with Gasteiger partial charge in [0.15, 0.2) is 5.79 Å². The second kappa shape index (κ2) is 6.70. The molecule has 0 bridgehead atoms. The van der Waals surface area contributed by atoms with Gasteiger partial charge in [-0.25, -0.2) is 0 Å².